The largest absolute Gasteiger partial charge is 0.393 e. The van der Waals surface area contributed by atoms with Crippen molar-refractivity contribution in [2.24, 2.45) is 0 Å². The van der Waals surface area contributed by atoms with E-state index in [-0.39, 0.29) is 6.10 Å². The number of hydrogen-bond acceptors (Lipinski definition) is 2. The van der Waals surface area contributed by atoms with Gasteiger partial charge < -0.3 is 5.11 Å². The summed E-state index contributed by atoms with van der Waals surface area (Å²) in [5.41, 5.74) is 0. The molecule has 0 aromatic carbocycles. The standard InChI is InChI=1S/C9H13BrN2O/c10-7-5-11-12(6-7)8-1-3-9(13)4-2-8/h5-6,8-9,13H,1-4H2. The van der Waals surface area contributed by atoms with Gasteiger partial charge in [-0.25, -0.2) is 0 Å². The number of aliphatic hydroxyl groups excluding tert-OH is 1. The van der Waals surface area contributed by atoms with E-state index in [9.17, 15) is 5.11 Å². The first-order chi connectivity index (χ1) is 6.25. The maximum atomic E-state index is 9.34. The Morgan fingerprint density at radius 3 is 2.62 bits per heavy atom. The van der Waals surface area contributed by atoms with Crippen molar-refractivity contribution in [3.63, 3.8) is 0 Å². The molecule has 1 aromatic heterocycles. The van der Waals surface area contributed by atoms with Gasteiger partial charge in [-0.3, -0.25) is 4.68 Å². The predicted molar refractivity (Wildman–Crippen MR) is 53.4 cm³/mol. The topological polar surface area (TPSA) is 38.0 Å². The normalized spacial score (nSPS) is 29.1. The fourth-order valence-electron chi connectivity index (χ4n) is 1.84. The van der Waals surface area contributed by atoms with Crippen LogP contribution < -0.4 is 0 Å². The number of hydrogen-bond donors (Lipinski definition) is 1. The number of aromatic nitrogens is 2. The van der Waals surface area contributed by atoms with Crippen LogP contribution in [0.1, 0.15) is 31.7 Å². The zero-order chi connectivity index (χ0) is 9.26. The highest BCUT2D eigenvalue weighted by atomic mass is 79.9. The minimum Gasteiger partial charge on any atom is -0.393 e. The molecule has 4 heteroatoms. The Bertz CT molecular complexity index is 279. The van der Waals surface area contributed by atoms with Crippen molar-refractivity contribution >= 4 is 15.9 Å². The number of rotatable bonds is 1. The highest BCUT2D eigenvalue weighted by molar-refractivity contribution is 9.10. The molecule has 1 heterocycles. The number of nitrogens with zero attached hydrogens (tertiary/aromatic N) is 2. The van der Waals surface area contributed by atoms with E-state index in [0.717, 1.165) is 30.2 Å². The van der Waals surface area contributed by atoms with Crippen molar-refractivity contribution in [1.82, 2.24) is 9.78 Å². The third-order valence-corrected chi connectivity index (χ3v) is 3.02. The van der Waals surface area contributed by atoms with Crippen LogP contribution in [-0.2, 0) is 0 Å². The third kappa shape index (κ3) is 2.11. The van der Waals surface area contributed by atoms with Gasteiger partial charge in [-0.05, 0) is 41.6 Å². The van der Waals surface area contributed by atoms with Crippen molar-refractivity contribution in [2.45, 2.75) is 37.8 Å². The monoisotopic (exact) mass is 244 g/mol. The smallest absolute Gasteiger partial charge is 0.0632 e. The van der Waals surface area contributed by atoms with Gasteiger partial charge in [0.05, 0.1) is 22.8 Å². The predicted octanol–water partition coefficient (Wildman–Crippen LogP) is 2.12. The minimum absolute atomic E-state index is 0.0877. The molecule has 0 atom stereocenters. The van der Waals surface area contributed by atoms with Gasteiger partial charge in [0.25, 0.3) is 0 Å². The second kappa shape index (κ2) is 3.80. The van der Waals surface area contributed by atoms with E-state index in [0.29, 0.717) is 6.04 Å². The molecule has 2 rings (SSSR count). The van der Waals surface area contributed by atoms with Crippen molar-refractivity contribution in [3.8, 4) is 0 Å². The van der Waals surface area contributed by atoms with E-state index < -0.39 is 0 Å². The van der Waals surface area contributed by atoms with Gasteiger partial charge in [0, 0.05) is 6.20 Å². The van der Waals surface area contributed by atoms with E-state index in [4.69, 9.17) is 0 Å². The van der Waals surface area contributed by atoms with Crippen molar-refractivity contribution in [3.05, 3.63) is 16.9 Å². The Labute approximate surface area is 85.9 Å². The van der Waals surface area contributed by atoms with Crippen LogP contribution in [0.2, 0.25) is 0 Å². The van der Waals surface area contributed by atoms with E-state index in [1.165, 1.54) is 0 Å². The fourth-order valence-corrected chi connectivity index (χ4v) is 2.14. The third-order valence-electron chi connectivity index (χ3n) is 2.61. The van der Waals surface area contributed by atoms with Crippen LogP contribution in [0.3, 0.4) is 0 Å². The Morgan fingerprint density at radius 2 is 2.08 bits per heavy atom. The van der Waals surface area contributed by atoms with Gasteiger partial charge in [0.2, 0.25) is 0 Å². The first-order valence-corrected chi connectivity index (χ1v) is 5.43. The highest BCUT2D eigenvalue weighted by Gasteiger charge is 2.20. The molecule has 0 amide bonds. The van der Waals surface area contributed by atoms with E-state index in [1.54, 1.807) is 0 Å². The molecule has 1 aliphatic carbocycles. The minimum atomic E-state index is -0.0877. The summed E-state index contributed by atoms with van der Waals surface area (Å²) in [5.74, 6) is 0. The molecule has 0 bridgehead atoms. The molecule has 0 unspecified atom stereocenters. The second-order valence-corrected chi connectivity index (χ2v) is 4.52. The lowest BCUT2D eigenvalue weighted by molar-refractivity contribution is 0.108. The van der Waals surface area contributed by atoms with Crippen LogP contribution in [0, 0.1) is 0 Å². The van der Waals surface area contributed by atoms with Gasteiger partial charge in [-0.15, -0.1) is 0 Å². The summed E-state index contributed by atoms with van der Waals surface area (Å²) in [4.78, 5) is 0. The van der Waals surface area contributed by atoms with Crippen molar-refractivity contribution < 1.29 is 5.11 Å². The molecule has 0 spiro atoms. The lowest BCUT2D eigenvalue weighted by Gasteiger charge is -2.25. The lowest BCUT2D eigenvalue weighted by Crippen LogP contribution is -2.21. The van der Waals surface area contributed by atoms with Crippen molar-refractivity contribution in [2.75, 3.05) is 0 Å². The summed E-state index contributed by atoms with van der Waals surface area (Å²) in [6.45, 7) is 0. The van der Waals surface area contributed by atoms with Crippen LogP contribution in [0.15, 0.2) is 16.9 Å². The van der Waals surface area contributed by atoms with E-state index >= 15 is 0 Å². The summed E-state index contributed by atoms with van der Waals surface area (Å²) >= 11 is 3.38. The number of aliphatic hydroxyl groups is 1. The first kappa shape index (κ1) is 9.21. The molecule has 1 aliphatic rings. The van der Waals surface area contributed by atoms with Gasteiger partial charge >= 0.3 is 0 Å². The SMILES string of the molecule is OC1CCC(n2cc(Br)cn2)CC1. The van der Waals surface area contributed by atoms with Crippen LogP contribution in [-0.4, -0.2) is 21.0 Å². The summed E-state index contributed by atoms with van der Waals surface area (Å²) < 4.78 is 3.02. The summed E-state index contributed by atoms with van der Waals surface area (Å²) in [5, 5.41) is 13.6. The zero-order valence-corrected chi connectivity index (χ0v) is 8.94. The van der Waals surface area contributed by atoms with E-state index in [2.05, 4.69) is 21.0 Å². The Hall–Kier alpha value is -0.350. The van der Waals surface area contributed by atoms with Crippen LogP contribution >= 0.6 is 15.9 Å². The molecule has 1 aromatic rings. The molecule has 1 N–H and O–H groups in total. The van der Waals surface area contributed by atoms with E-state index in [1.807, 2.05) is 17.1 Å². The first-order valence-electron chi connectivity index (χ1n) is 4.63. The molecule has 1 fully saturated rings. The van der Waals surface area contributed by atoms with Crippen LogP contribution in [0.4, 0.5) is 0 Å². The van der Waals surface area contributed by atoms with Crippen LogP contribution in [0.5, 0.6) is 0 Å². The summed E-state index contributed by atoms with van der Waals surface area (Å²) in [7, 11) is 0. The van der Waals surface area contributed by atoms with Crippen molar-refractivity contribution in [1.29, 1.82) is 0 Å². The molecular formula is C9H13BrN2O. The highest BCUT2D eigenvalue weighted by Crippen LogP contribution is 2.28. The quantitative estimate of drug-likeness (QED) is 0.822. The molecular weight excluding hydrogens is 232 g/mol. The molecule has 0 saturated heterocycles. The van der Waals surface area contributed by atoms with Gasteiger partial charge in [0.15, 0.2) is 0 Å². The maximum Gasteiger partial charge on any atom is 0.0632 e. The van der Waals surface area contributed by atoms with Crippen LogP contribution in [0.25, 0.3) is 0 Å². The second-order valence-electron chi connectivity index (χ2n) is 3.60. The average molecular weight is 245 g/mol. The summed E-state index contributed by atoms with van der Waals surface area (Å²) in [6.07, 6.45) is 7.61. The Morgan fingerprint density at radius 1 is 1.38 bits per heavy atom. The Kier molecular flexibility index (Phi) is 2.69. The van der Waals surface area contributed by atoms with Gasteiger partial charge in [0.1, 0.15) is 0 Å². The molecule has 1 saturated carbocycles. The fraction of sp³-hybridized carbons (Fsp3) is 0.667. The maximum absolute atomic E-state index is 9.34. The molecule has 0 radical (unpaired) electrons. The number of halogens is 1. The lowest BCUT2D eigenvalue weighted by atomic mass is 9.93. The molecule has 3 nitrogen and oxygen atoms in total. The molecule has 0 aliphatic heterocycles. The zero-order valence-electron chi connectivity index (χ0n) is 7.36. The summed E-state index contributed by atoms with van der Waals surface area (Å²) in [6, 6.07) is 0.481. The van der Waals surface area contributed by atoms with Gasteiger partial charge in [-0.2, -0.15) is 5.10 Å². The average Bonchev–Trinajstić information content (AvgIpc) is 2.53. The molecule has 13 heavy (non-hydrogen) atoms. The Balaban J connectivity index is 2.02. The molecule has 72 valence electrons. The van der Waals surface area contributed by atoms with Gasteiger partial charge in [-0.1, -0.05) is 0 Å².